The van der Waals surface area contributed by atoms with E-state index in [0.29, 0.717) is 30.2 Å². The molecular weight excluding hydrogens is 434 g/mol. The van der Waals surface area contributed by atoms with Crippen LogP contribution < -0.4 is 10.3 Å². The minimum absolute atomic E-state index is 0.0393. The van der Waals surface area contributed by atoms with E-state index in [1.165, 1.54) is 16.7 Å². The monoisotopic (exact) mass is 461 g/mol. The summed E-state index contributed by atoms with van der Waals surface area (Å²) in [5, 5.41) is 11.7. The van der Waals surface area contributed by atoms with Crippen molar-refractivity contribution in [3.05, 3.63) is 76.3 Å². The number of nitrogens with zero attached hydrogens (tertiary/aromatic N) is 4. The topological polar surface area (TPSA) is 79.7 Å². The van der Waals surface area contributed by atoms with Gasteiger partial charge in [0.25, 0.3) is 5.91 Å². The average molecular weight is 462 g/mol. The molecule has 0 spiro atoms. The number of thioether (sulfide) groups is 1. The van der Waals surface area contributed by atoms with Crippen LogP contribution in [0.5, 0.6) is 0 Å². The molecule has 2 amide bonds. The molecule has 2 saturated heterocycles. The summed E-state index contributed by atoms with van der Waals surface area (Å²) in [7, 11) is 2.04. The summed E-state index contributed by atoms with van der Waals surface area (Å²) in [6, 6.07) is 19.3. The number of hydrazine groups is 1. The molecule has 33 heavy (non-hydrogen) atoms. The Kier molecular flexibility index (Phi) is 7.14. The van der Waals surface area contributed by atoms with E-state index >= 15 is 0 Å². The SMILES string of the molecule is Cc1ccc(C[C@@H]2S/C(=C(\C#N)C(=O)NN3CCN(C)CC3)N(c3ccccc3)C2=O)cc1. The number of amides is 2. The third-order valence-electron chi connectivity index (χ3n) is 5.82. The normalized spacial score (nSPS) is 21.1. The third-order valence-corrected chi connectivity index (χ3v) is 7.09. The van der Waals surface area contributed by atoms with E-state index in [9.17, 15) is 14.9 Å². The van der Waals surface area contributed by atoms with Crippen LogP contribution in [0.2, 0.25) is 0 Å². The van der Waals surface area contributed by atoms with Gasteiger partial charge in [-0.05, 0) is 38.1 Å². The molecule has 1 atom stereocenters. The van der Waals surface area contributed by atoms with Crippen LogP contribution in [0.4, 0.5) is 5.69 Å². The Morgan fingerprint density at radius 2 is 1.76 bits per heavy atom. The second-order valence-corrected chi connectivity index (χ2v) is 9.52. The fraction of sp³-hybridized carbons (Fsp3) is 0.320. The molecule has 0 aliphatic carbocycles. The van der Waals surface area contributed by atoms with Crippen molar-refractivity contribution in [3.8, 4) is 6.07 Å². The predicted octanol–water partition coefficient (Wildman–Crippen LogP) is 2.70. The first kappa shape index (κ1) is 23.1. The molecule has 0 bridgehead atoms. The van der Waals surface area contributed by atoms with Crippen LogP contribution in [-0.2, 0) is 16.0 Å². The highest BCUT2D eigenvalue weighted by atomic mass is 32.2. The second kappa shape index (κ2) is 10.2. The van der Waals surface area contributed by atoms with E-state index < -0.39 is 11.2 Å². The van der Waals surface area contributed by atoms with E-state index in [1.54, 1.807) is 0 Å². The van der Waals surface area contributed by atoms with Crippen molar-refractivity contribution in [3.63, 3.8) is 0 Å². The minimum atomic E-state index is -0.478. The van der Waals surface area contributed by atoms with Gasteiger partial charge in [0, 0.05) is 31.9 Å². The van der Waals surface area contributed by atoms with Gasteiger partial charge in [-0.3, -0.25) is 19.9 Å². The van der Waals surface area contributed by atoms with E-state index in [4.69, 9.17) is 0 Å². The Hall–Kier alpha value is -3.12. The zero-order chi connectivity index (χ0) is 23.4. The van der Waals surface area contributed by atoms with E-state index in [-0.39, 0.29) is 11.5 Å². The van der Waals surface area contributed by atoms with Gasteiger partial charge in [-0.1, -0.05) is 59.8 Å². The van der Waals surface area contributed by atoms with Crippen LogP contribution in [0.3, 0.4) is 0 Å². The number of piperazine rings is 1. The van der Waals surface area contributed by atoms with Crippen molar-refractivity contribution in [2.45, 2.75) is 18.6 Å². The molecule has 0 unspecified atom stereocenters. The molecule has 2 aliphatic heterocycles. The lowest BCUT2D eigenvalue weighted by atomic mass is 10.1. The summed E-state index contributed by atoms with van der Waals surface area (Å²) in [4.78, 5) is 30.3. The largest absolute Gasteiger partial charge is 0.304 e. The molecule has 2 heterocycles. The second-order valence-electron chi connectivity index (χ2n) is 8.33. The number of benzene rings is 2. The van der Waals surface area contributed by atoms with Gasteiger partial charge >= 0.3 is 0 Å². The van der Waals surface area contributed by atoms with Gasteiger partial charge in [-0.2, -0.15) is 5.26 Å². The lowest BCUT2D eigenvalue weighted by molar-refractivity contribution is -0.122. The molecule has 0 radical (unpaired) electrons. The van der Waals surface area contributed by atoms with Gasteiger partial charge in [0.2, 0.25) is 5.91 Å². The molecule has 8 heteroatoms. The van der Waals surface area contributed by atoms with E-state index in [1.807, 2.05) is 73.6 Å². The quantitative estimate of drug-likeness (QED) is 0.545. The van der Waals surface area contributed by atoms with Gasteiger partial charge in [-0.15, -0.1) is 0 Å². The van der Waals surface area contributed by atoms with Crippen LogP contribution in [0.1, 0.15) is 11.1 Å². The average Bonchev–Trinajstić information content (AvgIpc) is 3.13. The van der Waals surface area contributed by atoms with Crippen molar-refractivity contribution in [1.82, 2.24) is 15.3 Å². The number of carbonyl (C=O) groups is 2. The zero-order valence-electron chi connectivity index (χ0n) is 18.8. The van der Waals surface area contributed by atoms with Gasteiger partial charge in [0.05, 0.1) is 5.25 Å². The summed E-state index contributed by atoms with van der Waals surface area (Å²) in [5.41, 5.74) is 5.67. The summed E-state index contributed by atoms with van der Waals surface area (Å²) >= 11 is 1.29. The Morgan fingerprint density at radius 3 is 2.39 bits per heavy atom. The van der Waals surface area contributed by atoms with Crippen LogP contribution in [0.15, 0.2) is 65.2 Å². The van der Waals surface area contributed by atoms with Crippen molar-refractivity contribution < 1.29 is 9.59 Å². The Labute approximate surface area is 198 Å². The lowest BCUT2D eigenvalue weighted by Gasteiger charge is -2.32. The molecular formula is C25H27N5O2S. The Bertz CT molecular complexity index is 1090. The summed E-state index contributed by atoms with van der Waals surface area (Å²) in [5.74, 6) is -0.601. The first-order valence-electron chi connectivity index (χ1n) is 11.0. The number of nitrogens with one attached hydrogen (secondary N) is 1. The Balaban J connectivity index is 1.63. The number of aryl methyl sites for hydroxylation is 1. The fourth-order valence-corrected chi connectivity index (χ4v) is 5.16. The summed E-state index contributed by atoms with van der Waals surface area (Å²) < 4.78 is 0. The van der Waals surface area contributed by atoms with Crippen molar-refractivity contribution in [2.75, 3.05) is 38.1 Å². The zero-order valence-corrected chi connectivity index (χ0v) is 19.6. The van der Waals surface area contributed by atoms with Crippen LogP contribution in [0, 0.1) is 18.3 Å². The number of hydrogen-bond acceptors (Lipinski definition) is 6. The molecule has 7 nitrogen and oxygen atoms in total. The van der Waals surface area contributed by atoms with Crippen molar-refractivity contribution in [2.24, 2.45) is 0 Å². The van der Waals surface area contributed by atoms with E-state index in [2.05, 4.69) is 16.4 Å². The highest BCUT2D eigenvalue weighted by molar-refractivity contribution is 8.05. The molecule has 2 aliphatic rings. The van der Waals surface area contributed by atoms with Crippen LogP contribution in [-0.4, -0.2) is 60.2 Å². The minimum Gasteiger partial charge on any atom is -0.304 e. The molecule has 2 aromatic carbocycles. The molecule has 1 N–H and O–H groups in total. The highest BCUT2D eigenvalue weighted by Gasteiger charge is 2.41. The number of nitriles is 1. The number of hydrogen-bond donors (Lipinski definition) is 1. The van der Waals surface area contributed by atoms with Crippen LogP contribution >= 0.6 is 11.8 Å². The standard InChI is InChI=1S/C25H27N5O2S/c1-18-8-10-19(11-9-18)16-22-24(32)30(20-6-4-3-5-7-20)25(33-22)21(17-26)23(31)27-29-14-12-28(2)13-15-29/h3-11,22H,12-16H2,1-2H3,(H,27,31)/b25-21+/t22-/m0/s1. The number of likely N-dealkylation sites (N-methyl/N-ethyl adjacent to an activating group) is 1. The van der Waals surface area contributed by atoms with Gasteiger partial charge < -0.3 is 4.90 Å². The first-order valence-corrected chi connectivity index (χ1v) is 11.8. The molecule has 0 saturated carbocycles. The third kappa shape index (κ3) is 5.28. The number of carbonyl (C=O) groups excluding carboxylic acids is 2. The van der Waals surface area contributed by atoms with Crippen LogP contribution in [0.25, 0.3) is 0 Å². The number of rotatable bonds is 5. The summed E-state index contributed by atoms with van der Waals surface area (Å²) in [6.45, 7) is 5.05. The van der Waals surface area contributed by atoms with E-state index in [0.717, 1.165) is 24.2 Å². The van der Waals surface area contributed by atoms with Gasteiger partial charge in [0.1, 0.15) is 16.7 Å². The first-order chi connectivity index (χ1) is 16.0. The highest BCUT2D eigenvalue weighted by Crippen LogP contribution is 2.41. The predicted molar refractivity (Wildman–Crippen MR) is 130 cm³/mol. The fourth-order valence-electron chi connectivity index (χ4n) is 3.85. The molecule has 4 rings (SSSR count). The maximum absolute atomic E-state index is 13.5. The molecule has 170 valence electrons. The maximum Gasteiger partial charge on any atom is 0.278 e. The lowest BCUT2D eigenvalue weighted by Crippen LogP contribution is -2.53. The molecule has 2 aromatic rings. The number of para-hydroxylation sites is 1. The summed E-state index contributed by atoms with van der Waals surface area (Å²) in [6.07, 6.45) is 0.523. The van der Waals surface area contributed by atoms with Crippen molar-refractivity contribution >= 4 is 29.3 Å². The smallest absolute Gasteiger partial charge is 0.278 e. The van der Waals surface area contributed by atoms with Gasteiger partial charge in [-0.25, -0.2) is 5.01 Å². The molecule has 2 fully saturated rings. The number of anilines is 1. The molecule has 0 aromatic heterocycles. The van der Waals surface area contributed by atoms with Crippen molar-refractivity contribution in [1.29, 1.82) is 5.26 Å². The Morgan fingerprint density at radius 1 is 1.09 bits per heavy atom. The maximum atomic E-state index is 13.5. The van der Waals surface area contributed by atoms with Gasteiger partial charge in [0.15, 0.2) is 0 Å².